The van der Waals surface area contributed by atoms with Crippen molar-refractivity contribution in [2.45, 2.75) is 13.8 Å². The summed E-state index contributed by atoms with van der Waals surface area (Å²) in [4.78, 5) is 9.92. The van der Waals surface area contributed by atoms with Crippen molar-refractivity contribution in [2.24, 2.45) is 11.7 Å². The highest BCUT2D eigenvalue weighted by molar-refractivity contribution is 5.75. The fraction of sp³-hybridized carbons (Fsp3) is 0.833. The molecule has 2 N–H and O–H groups in total. The molecule has 0 aromatic carbocycles. The molecule has 3 nitrogen and oxygen atoms in total. The van der Waals surface area contributed by atoms with E-state index in [-0.39, 0.29) is 11.8 Å². The Morgan fingerprint density at radius 1 is 1.44 bits per heavy atom. The van der Waals surface area contributed by atoms with Crippen molar-refractivity contribution in [2.75, 3.05) is 14.2 Å². The first-order valence-electron chi connectivity index (χ1n) is 2.75. The second-order valence-corrected chi connectivity index (χ2v) is 1.97. The van der Waals surface area contributed by atoms with Crippen molar-refractivity contribution >= 4 is 5.91 Å². The fourth-order valence-corrected chi connectivity index (χ4v) is 0. The summed E-state index contributed by atoms with van der Waals surface area (Å²) in [5, 5.41) is 0. The first-order chi connectivity index (χ1) is 4.06. The van der Waals surface area contributed by atoms with Crippen LogP contribution in [-0.4, -0.2) is 20.1 Å². The van der Waals surface area contributed by atoms with Gasteiger partial charge < -0.3 is 10.5 Å². The molecule has 0 heterocycles. The summed E-state index contributed by atoms with van der Waals surface area (Å²) in [7, 11) is 3.25. The molecule has 0 spiro atoms. The Balaban J connectivity index is 0. The molecule has 0 saturated carbocycles. The van der Waals surface area contributed by atoms with Crippen LogP contribution in [0.25, 0.3) is 0 Å². The van der Waals surface area contributed by atoms with Gasteiger partial charge in [-0.15, -0.1) is 0 Å². The van der Waals surface area contributed by atoms with Crippen molar-refractivity contribution in [1.82, 2.24) is 0 Å². The normalized spacial score (nSPS) is 8.11. The molecule has 0 aromatic rings. The van der Waals surface area contributed by atoms with Crippen molar-refractivity contribution in [3.63, 3.8) is 0 Å². The van der Waals surface area contributed by atoms with E-state index in [0.29, 0.717) is 0 Å². The van der Waals surface area contributed by atoms with Crippen LogP contribution >= 0.6 is 0 Å². The molecule has 3 heteroatoms. The zero-order valence-electron chi connectivity index (χ0n) is 6.47. The molecule has 0 aromatic heterocycles. The molecular weight excluding hydrogens is 118 g/mol. The Bertz CT molecular complexity index is 71.5. The molecule has 0 aliphatic heterocycles. The zero-order valence-corrected chi connectivity index (χ0v) is 6.47. The largest absolute Gasteiger partial charge is 0.388 e. The molecule has 1 amide bonds. The first kappa shape index (κ1) is 11.3. The molecule has 0 aliphatic carbocycles. The molecule has 0 fully saturated rings. The Hall–Kier alpha value is -0.570. The van der Waals surface area contributed by atoms with Gasteiger partial charge in [0.1, 0.15) is 0 Å². The quantitative estimate of drug-likeness (QED) is 0.562. The lowest BCUT2D eigenvalue weighted by Crippen LogP contribution is -2.17. The third-order valence-corrected chi connectivity index (χ3v) is 0.569. The number of primary amides is 1. The van der Waals surface area contributed by atoms with Crippen LogP contribution in [0.5, 0.6) is 0 Å². The molecule has 0 radical (unpaired) electrons. The summed E-state index contributed by atoms with van der Waals surface area (Å²) in [6, 6.07) is 0. The molecule has 0 atom stereocenters. The average molecular weight is 133 g/mol. The lowest BCUT2D eigenvalue weighted by atomic mass is 10.2. The van der Waals surface area contributed by atoms with Gasteiger partial charge in [0.25, 0.3) is 0 Å². The number of hydrogen-bond donors (Lipinski definition) is 1. The van der Waals surface area contributed by atoms with Gasteiger partial charge in [-0.25, -0.2) is 0 Å². The number of rotatable bonds is 1. The number of methoxy groups -OCH3 is 1. The van der Waals surface area contributed by atoms with Crippen LogP contribution in [0, 0.1) is 5.92 Å². The number of nitrogens with two attached hydrogens (primary N) is 1. The lowest BCUT2D eigenvalue weighted by Gasteiger charge is -1.90. The van der Waals surface area contributed by atoms with E-state index in [0.717, 1.165) is 0 Å². The number of carbonyl (C=O) groups excluding carboxylic acids is 1. The Morgan fingerprint density at radius 2 is 1.56 bits per heavy atom. The van der Waals surface area contributed by atoms with Crippen LogP contribution in [-0.2, 0) is 9.53 Å². The standard InChI is InChI=1S/C4H9NO.C2H6O/c1-3(2)4(5)6;1-3-2/h3H,1-2H3,(H2,5,6);1-2H3. The van der Waals surface area contributed by atoms with E-state index in [1.54, 1.807) is 28.1 Å². The first-order valence-corrected chi connectivity index (χ1v) is 2.75. The Kier molecular flexibility index (Phi) is 9.29. The third kappa shape index (κ3) is 18.6. The summed E-state index contributed by atoms with van der Waals surface area (Å²) in [6.07, 6.45) is 0. The second-order valence-electron chi connectivity index (χ2n) is 1.97. The van der Waals surface area contributed by atoms with Crippen LogP contribution in [0.15, 0.2) is 0 Å². The lowest BCUT2D eigenvalue weighted by molar-refractivity contribution is -0.120. The molecule has 0 saturated heterocycles. The average Bonchev–Trinajstić information content (AvgIpc) is 1.68. The van der Waals surface area contributed by atoms with Crippen molar-refractivity contribution < 1.29 is 9.53 Å². The molecule has 9 heavy (non-hydrogen) atoms. The van der Waals surface area contributed by atoms with E-state index < -0.39 is 0 Å². The highest BCUT2D eigenvalue weighted by Gasteiger charge is 1.96. The topological polar surface area (TPSA) is 52.3 Å². The highest BCUT2D eigenvalue weighted by Crippen LogP contribution is 1.84. The van der Waals surface area contributed by atoms with E-state index in [1.165, 1.54) is 0 Å². The van der Waals surface area contributed by atoms with Crippen molar-refractivity contribution in [3.8, 4) is 0 Å². The maximum absolute atomic E-state index is 9.92. The van der Waals surface area contributed by atoms with Crippen LogP contribution in [0.4, 0.5) is 0 Å². The SMILES string of the molecule is CC(C)C(N)=O.COC. The van der Waals surface area contributed by atoms with Crippen LogP contribution in [0.1, 0.15) is 13.8 Å². The monoisotopic (exact) mass is 133 g/mol. The number of amides is 1. The summed E-state index contributed by atoms with van der Waals surface area (Å²) >= 11 is 0. The van der Waals surface area contributed by atoms with Gasteiger partial charge >= 0.3 is 0 Å². The van der Waals surface area contributed by atoms with Gasteiger partial charge in [0.15, 0.2) is 0 Å². The second kappa shape index (κ2) is 7.43. The third-order valence-electron chi connectivity index (χ3n) is 0.569. The van der Waals surface area contributed by atoms with Gasteiger partial charge in [0.2, 0.25) is 5.91 Å². The smallest absolute Gasteiger partial charge is 0.219 e. The van der Waals surface area contributed by atoms with Crippen molar-refractivity contribution in [1.29, 1.82) is 0 Å². The van der Waals surface area contributed by atoms with Crippen LogP contribution in [0.3, 0.4) is 0 Å². The summed E-state index contributed by atoms with van der Waals surface area (Å²) in [5.41, 5.74) is 4.80. The number of ether oxygens (including phenoxy) is 1. The zero-order chi connectivity index (χ0) is 7.86. The fourth-order valence-electron chi connectivity index (χ4n) is 0. The molecule has 0 aliphatic rings. The van der Waals surface area contributed by atoms with E-state index in [9.17, 15) is 4.79 Å². The van der Waals surface area contributed by atoms with E-state index in [1.807, 2.05) is 0 Å². The van der Waals surface area contributed by atoms with Gasteiger partial charge in [-0.3, -0.25) is 4.79 Å². The summed E-state index contributed by atoms with van der Waals surface area (Å²) in [5.74, 6) is -0.250. The van der Waals surface area contributed by atoms with E-state index >= 15 is 0 Å². The summed E-state index contributed by atoms with van der Waals surface area (Å²) in [6.45, 7) is 3.53. The number of carbonyl (C=O) groups is 1. The van der Waals surface area contributed by atoms with E-state index in [4.69, 9.17) is 5.73 Å². The highest BCUT2D eigenvalue weighted by atomic mass is 16.4. The predicted octanol–water partition coefficient (Wildman–Crippen LogP) is 0.390. The Morgan fingerprint density at radius 3 is 1.56 bits per heavy atom. The minimum absolute atomic E-state index is 0.00926. The van der Waals surface area contributed by atoms with Crippen LogP contribution < -0.4 is 5.73 Å². The molecule has 56 valence electrons. The minimum atomic E-state index is -0.241. The predicted molar refractivity (Wildman–Crippen MR) is 37.0 cm³/mol. The van der Waals surface area contributed by atoms with Crippen molar-refractivity contribution in [3.05, 3.63) is 0 Å². The van der Waals surface area contributed by atoms with Gasteiger partial charge in [0.05, 0.1) is 0 Å². The maximum Gasteiger partial charge on any atom is 0.219 e. The Labute approximate surface area is 56.2 Å². The molecule has 0 rings (SSSR count). The molecule has 0 bridgehead atoms. The van der Waals surface area contributed by atoms with Gasteiger partial charge in [-0.2, -0.15) is 0 Å². The minimum Gasteiger partial charge on any atom is -0.388 e. The molecule has 0 unspecified atom stereocenters. The summed E-state index contributed by atoms with van der Waals surface area (Å²) < 4.78 is 4.25. The van der Waals surface area contributed by atoms with Gasteiger partial charge in [0, 0.05) is 20.1 Å². The number of hydrogen-bond acceptors (Lipinski definition) is 2. The van der Waals surface area contributed by atoms with Gasteiger partial charge in [-0.1, -0.05) is 13.8 Å². The van der Waals surface area contributed by atoms with Gasteiger partial charge in [-0.05, 0) is 0 Å². The molecular formula is C6H15NO2. The van der Waals surface area contributed by atoms with E-state index in [2.05, 4.69) is 4.74 Å². The maximum atomic E-state index is 9.92. The van der Waals surface area contributed by atoms with Crippen LogP contribution in [0.2, 0.25) is 0 Å².